The Balaban J connectivity index is 1.97. The molecule has 12 nitrogen and oxygen atoms in total. The lowest BCUT2D eigenvalue weighted by Gasteiger charge is -2.21. The highest BCUT2D eigenvalue weighted by Gasteiger charge is 2.30. The van der Waals surface area contributed by atoms with E-state index < -0.39 is 63.1 Å². The Morgan fingerprint density at radius 2 is 1.62 bits per heavy atom. The first-order valence-electron chi connectivity index (χ1n) is 11.4. The first-order chi connectivity index (χ1) is 18.5. The topological polar surface area (TPSA) is 210 Å². The van der Waals surface area contributed by atoms with Crippen LogP contribution in [0.15, 0.2) is 57.7 Å². The van der Waals surface area contributed by atoms with Gasteiger partial charge in [0.15, 0.2) is 23.9 Å². The third-order valence-electron chi connectivity index (χ3n) is 5.99. The summed E-state index contributed by atoms with van der Waals surface area (Å²) in [6, 6.07) is 10.4. The number of hydrogen-bond donors (Lipinski definition) is 6. The van der Waals surface area contributed by atoms with Crippen LogP contribution in [-0.4, -0.2) is 51.1 Å². The normalized spacial score (nSPS) is 11.7. The molecule has 0 aliphatic heterocycles. The highest BCUT2D eigenvalue weighted by atomic mass is 16.5. The number of phenols is 4. The number of amides is 1. The Morgan fingerprint density at radius 1 is 0.923 bits per heavy atom. The number of aromatic hydroxyl groups is 5. The van der Waals surface area contributed by atoms with Crippen LogP contribution in [0.4, 0.5) is 0 Å². The standard InChI is InChI=1S/C27H23NO11/c1-37-21(34)9-15(12-2-5-14(6-3-12)38-11-20(28)33)22-18(31)10-19(32)23-24(35)25(36)26(39-27(22)23)13-4-7-16(29)17(30)8-13/h2-8,10,15,29-32,36H,9,11H2,1H3,(H2,28,33)/t15-/m1/s1. The highest BCUT2D eigenvalue weighted by Crippen LogP contribution is 2.45. The lowest BCUT2D eigenvalue weighted by atomic mass is 9.86. The van der Waals surface area contributed by atoms with E-state index in [1.807, 2.05) is 0 Å². The molecular weight excluding hydrogens is 514 g/mol. The van der Waals surface area contributed by atoms with Gasteiger partial charge in [-0.15, -0.1) is 0 Å². The van der Waals surface area contributed by atoms with Crippen molar-refractivity contribution in [3.8, 4) is 45.8 Å². The monoisotopic (exact) mass is 537 g/mol. The molecule has 0 unspecified atom stereocenters. The van der Waals surface area contributed by atoms with E-state index in [2.05, 4.69) is 0 Å². The summed E-state index contributed by atoms with van der Waals surface area (Å²) in [6.07, 6.45) is -0.342. The molecule has 0 saturated carbocycles. The summed E-state index contributed by atoms with van der Waals surface area (Å²) in [5.74, 6) is -5.65. The van der Waals surface area contributed by atoms with Gasteiger partial charge in [0.2, 0.25) is 11.2 Å². The van der Waals surface area contributed by atoms with Gasteiger partial charge in [0.1, 0.15) is 28.2 Å². The van der Waals surface area contributed by atoms with E-state index in [9.17, 15) is 39.9 Å². The van der Waals surface area contributed by atoms with Crippen molar-refractivity contribution in [2.75, 3.05) is 13.7 Å². The molecule has 7 N–H and O–H groups in total. The van der Waals surface area contributed by atoms with Crippen LogP contribution in [0.5, 0.6) is 34.5 Å². The molecule has 1 heterocycles. The van der Waals surface area contributed by atoms with Crippen LogP contribution in [0.1, 0.15) is 23.5 Å². The fourth-order valence-corrected chi connectivity index (χ4v) is 4.13. The Kier molecular flexibility index (Phi) is 7.20. The van der Waals surface area contributed by atoms with Crippen molar-refractivity contribution in [1.29, 1.82) is 0 Å². The summed E-state index contributed by atoms with van der Waals surface area (Å²) < 4.78 is 15.9. The summed E-state index contributed by atoms with van der Waals surface area (Å²) in [5.41, 5.74) is 4.04. The van der Waals surface area contributed by atoms with Crippen LogP contribution in [-0.2, 0) is 14.3 Å². The van der Waals surface area contributed by atoms with Crippen molar-refractivity contribution >= 4 is 22.8 Å². The number of benzene rings is 3. The number of ether oxygens (including phenoxy) is 2. The van der Waals surface area contributed by atoms with Gasteiger partial charge in [-0.25, -0.2) is 0 Å². The number of primary amides is 1. The van der Waals surface area contributed by atoms with Crippen molar-refractivity contribution in [1.82, 2.24) is 0 Å². The number of nitrogens with two attached hydrogens (primary N) is 1. The summed E-state index contributed by atoms with van der Waals surface area (Å²) >= 11 is 0. The number of carbonyl (C=O) groups is 2. The molecule has 0 aliphatic carbocycles. The second-order valence-corrected chi connectivity index (χ2v) is 8.50. The lowest BCUT2D eigenvalue weighted by molar-refractivity contribution is -0.140. The minimum Gasteiger partial charge on any atom is -0.507 e. The molecule has 39 heavy (non-hydrogen) atoms. The average molecular weight is 537 g/mol. The summed E-state index contributed by atoms with van der Waals surface area (Å²) in [5, 5.41) is 51.1. The van der Waals surface area contributed by atoms with E-state index in [-0.39, 0.29) is 29.7 Å². The molecule has 0 aliphatic rings. The van der Waals surface area contributed by atoms with Crippen molar-refractivity contribution in [3.63, 3.8) is 0 Å². The van der Waals surface area contributed by atoms with Gasteiger partial charge in [-0.05, 0) is 35.9 Å². The number of phenolic OH excluding ortho intramolecular Hbond substituents is 4. The zero-order valence-corrected chi connectivity index (χ0v) is 20.4. The smallest absolute Gasteiger partial charge is 0.306 e. The fraction of sp³-hybridized carbons (Fsp3) is 0.148. The molecule has 3 aromatic carbocycles. The summed E-state index contributed by atoms with van der Waals surface area (Å²) in [6.45, 7) is -0.363. The van der Waals surface area contributed by atoms with Crippen LogP contribution in [0.25, 0.3) is 22.3 Å². The molecule has 1 aromatic heterocycles. The third kappa shape index (κ3) is 5.21. The van der Waals surface area contributed by atoms with Gasteiger partial charge in [0.05, 0.1) is 13.5 Å². The number of hydrogen-bond acceptors (Lipinski definition) is 11. The number of rotatable bonds is 8. The van der Waals surface area contributed by atoms with E-state index in [1.165, 1.54) is 25.3 Å². The van der Waals surface area contributed by atoms with Crippen LogP contribution in [0.3, 0.4) is 0 Å². The molecule has 202 valence electrons. The molecule has 4 rings (SSSR count). The van der Waals surface area contributed by atoms with Crippen LogP contribution in [0.2, 0.25) is 0 Å². The molecule has 4 aromatic rings. The van der Waals surface area contributed by atoms with Crippen molar-refractivity contribution in [2.24, 2.45) is 5.73 Å². The fourth-order valence-electron chi connectivity index (χ4n) is 4.13. The second-order valence-electron chi connectivity index (χ2n) is 8.50. The SMILES string of the molecule is COC(=O)C[C@H](c1ccc(OCC(N)=O)cc1)c1c(O)cc(O)c2c(=O)c(O)c(-c3ccc(O)c(O)c3)oc12. The summed E-state index contributed by atoms with van der Waals surface area (Å²) in [7, 11) is 1.17. The van der Waals surface area contributed by atoms with E-state index in [4.69, 9.17) is 19.6 Å². The number of methoxy groups -OCH3 is 1. The van der Waals surface area contributed by atoms with Gasteiger partial charge in [0.25, 0.3) is 5.91 Å². The van der Waals surface area contributed by atoms with Crippen molar-refractivity contribution in [3.05, 3.63) is 69.9 Å². The minimum absolute atomic E-state index is 0.00365. The van der Waals surface area contributed by atoms with E-state index in [1.54, 1.807) is 12.1 Å². The maximum Gasteiger partial charge on any atom is 0.306 e. The molecule has 0 bridgehead atoms. The predicted octanol–water partition coefficient (Wildman–Crippen LogP) is 2.55. The van der Waals surface area contributed by atoms with Crippen molar-refractivity contribution in [2.45, 2.75) is 12.3 Å². The Hall–Kier alpha value is -5.39. The summed E-state index contributed by atoms with van der Waals surface area (Å²) in [4.78, 5) is 36.6. The van der Waals surface area contributed by atoms with E-state index >= 15 is 0 Å². The highest BCUT2D eigenvalue weighted by molar-refractivity contribution is 5.92. The van der Waals surface area contributed by atoms with Gasteiger partial charge in [-0.3, -0.25) is 14.4 Å². The molecule has 12 heteroatoms. The average Bonchev–Trinajstić information content (AvgIpc) is 2.90. The van der Waals surface area contributed by atoms with Gasteiger partial charge in [-0.1, -0.05) is 12.1 Å². The number of fused-ring (bicyclic) bond motifs is 1. The molecule has 0 spiro atoms. The maximum atomic E-state index is 13.2. The predicted molar refractivity (Wildman–Crippen MR) is 136 cm³/mol. The van der Waals surface area contributed by atoms with E-state index in [0.29, 0.717) is 11.3 Å². The molecule has 0 radical (unpaired) electrons. The molecule has 1 atom stereocenters. The molecule has 1 amide bonds. The second kappa shape index (κ2) is 10.5. The van der Waals surface area contributed by atoms with Crippen LogP contribution < -0.4 is 15.9 Å². The number of carbonyl (C=O) groups excluding carboxylic acids is 2. The van der Waals surface area contributed by atoms with Gasteiger partial charge >= 0.3 is 5.97 Å². The first-order valence-corrected chi connectivity index (χ1v) is 11.4. The zero-order valence-electron chi connectivity index (χ0n) is 20.4. The number of esters is 1. The van der Waals surface area contributed by atoms with Gasteiger partial charge in [0, 0.05) is 23.1 Å². The third-order valence-corrected chi connectivity index (χ3v) is 5.99. The quantitative estimate of drug-likeness (QED) is 0.142. The Morgan fingerprint density at radius 3 is 2.23 bits per heavy atom. The zero-order chi connectivity index (χ0) is 28.4. The maximum absolute atomic E-state index is 13.2. The van der Waals surface area contributed by atoms with Gasteiger partial charge < -0.3 is 45.2 Å². The Labute approximate surface area is 219 Å². The minimum atomic E-state index is -1.05. The molecular formula is C27H23NO11. The Bertz CT molecular complexity index is 1640. The first kappa shape index (κ1) is 26.7. The van der Waals surface area contributed by atoms with Crippen molar-refractivity contribution < 1.29 is 49.0 Å². The molecule has 0 fully saturated rings. The lowest BCUT2D eigenvalue weighted by Crippen LogP contribution is -2.20. The largest absolute Gasteiger partial charge is 0.507 e. The molecule has 0 saturated heterocycles. The van der Waals surface area contributed by atoms with Gasteiger partial charge in [-0.2, -0.15) is 0 Å². The van der Waals surface area contributed by atoms with Crippen LogP contribution in [0, 0.1) is 0 Å². The van der Waals surface area contributed by atoms with Crippen LogP contribution >= 0.6 is 0 Å². The van der Waals surface area contributed by atoms with E-state index in [0.717, 1.165) is 18.2 Å².